The standard InChI is InChI=1S/C21H32N2OS/c1-2-7-17(8-3-1)25-21(11-4-5-12-21)16-23-19-10-6-9-18(19)20-15-24-14-13-22-20/h1-3,7-8,18-20,22-23H,4-6,9-16H2. The van der Waals surface area contributed by atoms with E-state index in [2.05, 4.69) is 52.7 Å². The third-order valence-corrected chi connectivity index (χ3v) is 7.81. The van der Waals surface area contributed by atoms with Crippen LogP contribution in [0.3, 0.4) is 0 Å². The van der Waals surface area contributed by atoms with Crippen molar-refractivity contribution in [2.45, 2.75) is 66.7 Å². The SMILES string of the molecule is c1ccc(SC2(CNC3CCCC3C3COCCN3)CCCC2)cc1. The van der Waals surface area contributed by atoms with Crippen LogP contribution in [0.25, 0.3) is 0 Å². The van der Waals surface area contributed by atoms with Crippen molar-refractivity contribution in [1.29, 1.82) is 0 Å². The molecule has 138 valence electrons. The molecular weight excluding hydrogens is 328 g/mol. The second-order valence-electron chi connectivity index (χ2n) is 8.02. The quantitative estimate of drug-likeness (QED) is 0.808. The number of ether oxygens (including phenoxy) is 1. The molecule has 0 aromatic heterocycles. The highest BCUT2D eigenvalue weighted by Crippen LogP contribution is 2.45. The lowest BCUT2D eigenvalue weighted by Gasteiger charge is -2.36. The average Bonchev–Trinajstić information content (AvgIpc) is 3.31. The molecule has 1 aromatic carbocycles. The molecule has 25 heavy (non-hydrogen) atoms. The van der Waals surface area contributed by atoms with Crippen LogP contribution in [0.5, 0.6) is 0 Å². The van der Waals surface area contributed by atoms with Crippen LogP contribution >= 0.6 is 11.8 Å². The Kier molecular flexibility index (Phi) is 6.01. The Labute approximate surface area is 156 Å². The molecule has 3 atom stereocenters. The highest BCUT2D eigenvalue weighted by Gasteiger charge is 2.39. The van der Waals surface area contributed by atoms with E-state index in [4.69, 9.17) is 4.74 Å². The number of thioether (sulfide) groups is 1. The predicted molar refractivity (Wildman–Crippen MR) is 105 cm³/mol. The molecule has 1 saturated heterocycles. The minimum absolute atomic E-state index is 0.394. The summed E-state index contributed by atoms with van der Waals surface area (Å²) < 4.78 is 6.12. The van der Waals surface area contributed by atoms with E-state index in [1.165, 1.54) is 49.8 Å². The molecule has 0 spiro atoms. The van der Waals surface area contributed by atoms with Gasteiger partial charge >= 0.3 is 0 Å². The molecule has 3 aliphatic rings. The Bertz CT molecular complexity index is 526. The van der Waals surface area contributed by atoms with E-state index in [1.807, 2.05) is 0 Å². The maximum absolute atomic E-state index is 5.73. The molecule has 3 nitrogen and oxygen atoms in total. The van der Waals surface area contributed by atoms with Gasteiger partial charge in [-0.1, -0.05) is 37.5 Å². The van der Waals surface area contributed by atoms with Gasteiger partial charge in [-0.3, -0.25) is 0 Å². The van der Waals surface area contributed by atoms with Crippen LogP contribution in [0, 0.1) is 5.92 Å². The molecule has 0 radical (unpaired) electrons. The largest absolute Gasteiger partial charge is 0.379 e. The van der Waals surface area contributed by atoms with Crippen LogP contribution in [0.1, 0.15) is 44.9 Å². The van der Waals surface area contributed by atoms with Crippen LogP contribution in [0.4, 0.5) is 0 Å². The van der Waals surface area contributed by atoms with Crippen molar-refractivity contribution in [3.63, 3.8) is 0 Å². The summed E-state index contributed by atoms with van der Waals surface area (Å²) in [6, 6.07) is 12.2. The van der Waals surface area contributed by atoms with Gasteiger partial charge in [0.25, 0.3) is 0 Å². The molecule has 1 aromatic rings. The van der Waals surface area contributed by atoms with E-state index in [0.29, 0.717) is 16.8 Å². The summed E-state index contributed by atoms with van der Waals surface area (Å²) in [5.41, 5.74) is 0. The van der Waals surface area contributed by atoms with Crippen LogP contribution in [-0.4, -0.2) is 43.1 Å². The molecule has 2 aliphatic carbocycles. The zero-order chi connectivity index (χ0) is 17.0. The van der Waals surface area contributed by atoms with E-state index >= 15 is 0 Å². The minimum atomic E-state index is 0.394. The first-order chi connectivity index (χ1) is 12.3. The Morgan fingerprint density at radius 1 is 1.12 bits per heavy atom. The number of hydrogen-bond acceptors (Lipinski definition) is 4. The second-order valence-corrected chi connectivity index (χ2v) is 9.56. The summed E-state index contributed by atoms with van der Waals surface area (Å²) in [5, 5.41) is 7.71. The molecule has 1 aliphatic heterocycles. The first-order valence-corrected chi connectivity index (χ1v) is 10.9. The van der Waals surface area contributed by atoms with Crippen molar-refractivity contribution in [2.24, 2.45) is 5.92 Å². The Morgan fingerprint density at radius 3 is 2.72 bits per heavy atom. The molecule has 3 unspecified atom stereocenters. The molecule has 2 saturated carbocycles. The summed E-state index contributed by atoms with van der Waals surface area (Å²) >= 11 is 2.12. The van der Waals surface area contributed by atoms with Crippen molar-refractivity contribution in [3.8, 4) is 0 Å². The normalized spacial score (nSPS) is 32.1. The fraction of sp³-hybridized carbons (Fsp3) is 0.714. The van der Waals surface area contributed by atoms with Gasteiger partial charge in [0.2, 0.25) is 0 Å². The van der Waals surface area contributed by atoms with Crippen LogP contribution in [-0.2, 0) is 4.74 Å². The highest BCUT2D eigenvalue weighted by molar-refractivity contribution is 8.00. The molecular formula is C21H32N2OS. The van der Waals surface area contributed by atoms with Gasteiger partial charge in [0.1, 0.15) is 0 Å². The summed E-state index contributed by atoms with van der Waals surface area (Å²) in [6.07, 6.45) is 9.50. The van der Waals surface area contributed by atoms with Crippen molar-refractivity contribution >= 4 is 11.8 Å². The lowest BCUT2D eigenvalue weighted by atomic mass is 9.93. The lowest BCUT2D eigenvalue weighted by Crippen LogP contribution is -2.52. The summed E-state index contributed by atoms with van der Waals surface area (Å²) in [6.45, 7) is 3.94. The van der Waals surface area contributed by atoms with Gasteiger partial charge in [-0.2, -0.15) is 0 Å². The van der Waals surface area contributed by atoms with Gasteiger partial charge in [-0.25, -0.2) is 0 Å². The predicted octanol–water partition coefficient (Wildman–Crippen LogP) is 3.84. The second kappa shape index (κ2) is 8.43. The minimum Gasteiger partial charge on any atom is -0.379 e. The highest BCUT2D eigenvalue weighted by atomic mass is 32.2. The van der Waals surface area contributed by atoms with Gasteiger partial charge in [0, 0.05) is 34.8 Å². The number of nitrogens with one attached hydrogen (secondary N) is 2. The van der Waals surface area contributed by atoms with E-state index in [1.54, 1.807) is 0 Å². The topological polar surface area (TPSA) is 33.3 Å². The molecule has 2 N–H and O–H groups in total. The maximum atomic E-state index is 5.73. The van der Waals surface area contributed by atoms with Gasteiger partial charge in [-0.05, 0) is 43.7 Å². The fourth-order valence-corrected chi connectivity index (χ4v) is 6.42. The number of benzene rings is 1. The molecule has 1 heterocycles. The van der Waals surface area contributed by atoms with Gasteiger partial charge < -0.3 is 15.4 Å². The molecule has 0 bridgehead atoms. The zero-order valence-electron chi connectivity index (χ0n) is 15.2. The van der Waals surface area contributed by atoms with Crippen molar-refractivity contribution in [2.75, 3.05) is 26.3 Å². The number of hydrogen-bond donors (Lipinski definition) is 2. The van der Waals surface area contributed by atoms with E-state index < -0.39 is 0 Å². The van der Waals surface area contributed by atoms with Gasteiger partial charge in [0.05, 0.1) is 13.2 Å². The molecule has 3 fully saturated rings. The van der Waals surface area contributed by atoms with E-state index in [9.17, 15) is 0 Å². The first kappa shape index (κ1) is 17.8. The summed E-state index contributed by atoms with van der Waals surface area (Å²) in [5.74, 6) is 0.737. The van der Waals surface area contributed by atoms with E-state index in [0.717, 1.165) is 32.2 Å². The van der Waals surface area contributed by atoms with Crippen LogP contribution in [0.15, 0.2) is 35.2 Å². The maximum Gasteiger partial charge on any atom is 0.0623 e. The molecule has 0 amide bonds. The third-order valence-electron chi connectivity index (χ3n) is 6.32. The Balaban J connectivity index is 1.37. The summed E-state index contributed by atoms with van der Waals surface area (Å²) in [7, 11) is 0. The lowest BCUT2D eigenvalue weighted by molar-refractivity contribution is 0.0524. The Hall–Kier alpha value is -0.550. The van der Waals surface area contributed by atoms with Gasteiger partial charge in [-0.15, -0.1) is 11.8 Å². The van der Waals surface area contributed by atoms with E-state index in [-0.39, 0.29) is 0 Å². The van der Waals surface area contributed by atoms with Crippen molar-refractivity contribution in [1.82, 2.24) is 10.6 Å². The smallest absolute Gasteiger partial charge is 0.0623 e. The molecule has 4 rings (SSSR count). The van der Waals surface area contributed by atoms with Crippen LogP contribution in [0.2, 0.25) is 0 Å². The fourth-order valence-electron chi connectivity index (χ4n) is 4.97. The van der Waals surface area contributed by atoms with Crippen molar-refractivity contribution in [3.05, 3.63) is 30.3 Å². The average molecular weight is 361 g/mol. The summed E-state index contributed by atoms with van der Waals surface area (Å²) in [4.78, 5) is 1.43. The first-order valence-electron chi connectivity index (χ1n) is 10.1. The van der Waals surface area contributed by atoms with Crippen molar-refractivity contribution < 1.29 is 4.74 Å². The monoisotopic (exact) mass is 360 g/mol. The number of rotatable bonds is 6. The zero-order valence-corrected chi connectivity index (χ0v) is 16.0. The molecule has 4 heteroatoms. The van der Waals surface area contributed by atoms with Gasteiger partial charge in [0.15, 0.2) is 0 Å². The third kappa shape index (κ3) is 4.41. The Morgan fingerprint density at radius 2 is 1.96 bits per heavy atom. The van der Waals surface area contributed by atoms with Crippen LogP contribution < -0.4 is 10.6 Å². The number of morpholine rings is 1.